The van der Waals surface area contributed by atoms with Gasteiger partial charge < -0.3 is 10.1 Å². The molecule has 1 heterocycles. The molecule has 2 aromatic rings. The third-order valence-corrected chi connectivity index (χ3v) is 3.22. The molecular weight excluding hydrogens is 250 g/mol. The van der Waals surface area contributed by atoms with Crippen LogP contribution >= 0.6 is 0 Å². The topological polar surface area (TPSA) is 39.1 Å². The van der Waals surface area contributed by atoms with Crippen molar-refractivity contribution in [2.24, 2.45) is 0 Å². The van der Waals surface area contributed by atoms with Gasteiger partial charge >= 0.3 is 0 Å². The number of ether oxygens (including phenoxy) is 1. The number of methoxy groups -OCH3 is 1. The van der Waals surface area contributed by atoms with E-state index in [9.17, 15) is 0 Å². The van der Waals surface area contributed by atoms with Crippen molar-refractivity contribution < 1.29 is 4.74 Å². The summed E-state index contributed by atoms with van der Waals surface area (Å²) in [6.45, 7) is 6.01. The maximum Gasteiger partial charge on any atom is 0.119 e. The monoisotopic (exact) mass is 273 g/mol. The Bertz CT molecular complexity index is 534. The zero-order valence-electron chi connectivity index (χ0n) is 12.5. The van der Waals surface area contributed by atoms with Gasteiger partial charge in [-0.15, -0.1) is 0 Å². The fourth-order valence-corrected chi connectivity index (χ4v) is 2.04. The summed E-state index contributed by atoms with van der Waals surface area (Å²) in [5.74, 6) is 0.915. The zero-order valence-corrected chi connectivity index (χ0v) is 12.5. The Morgan fingerprint density at radius 2 is 2.15 bits per heavy atom. The van der Waals surface area contributed by atoms with E-state index in [1.54, 1.807) is 7.11 Å². The second-order valence-corrected chi connectivity index (χ2v) is 5.16. The van der Waals surface area contributed by atoms with Gasteiger partial charge in [0.1, 0.15) is 5.75 Å². The second-order valence-electron chi connectivity index (χ2n) is 5.16. The summed E-state index contributed by atoms with van der Waals surface area (Å²) in [5, 5.41) is 7.94. The molecule has 0 aliphatic rings. The molecule has 108 valence electrons. The van der Waals surface area contributed by atoms with Crippen molar-refractivity contribution in [2.45, 2.75) is 32.9 Å². The maximum atomic E-state index is 5.22. The van der Waals surface area contributed by atoms with Crippen LogP contribution in [0.3, 0.4) is 0 Å². The van der Waals surface area contributed by atoms with Crippen molar-refractivity contribution >= 4 is 0 Å². The minimum atomic E-state index is 0.417. The lowest BCUT2D eigenvalue weighted by atomic mass is 10.1. The van der Waals surface area contributed by atoms with Gasteiger partial charge in [-0.3, -0.25) is 4.68 Å². The van der Waals surface area contributed by atoms with Crippen LogP contribution in [0.25, 0.3) is 0 Å². The molecule has 0 saturated heterocycles. The first-order valence-electron chi connectivity index (χ1n) is 7.06. The summed E-state index contributed by atoms with van der Waals surface area (Å²) in [4.78, 5) is 0. The van der Waals surface area contributed by atoms with Crippen LogP contribution in [0.5, 0.6) is 5.75 Å². The van der Waals surface area contributed by atoms with E-state index in [4.69, 9.17) is 4.74 Å². The summed E-state index contributed by atoms with van der Waals surface area (Å²) in [5.41, 5.74) is 2.37. The largest absolute Gasteiger partial charge is 0.497 e. The van der Waals surface area contributed by atoms with Crippen LogP contribution in [-0.2, 0) is 13.0 Å². The Morgan fingerprint density at radius 1 is 1.30 bits per heavy atom. The van der Waals surface area contributed by atoms with Gasteiger partial charge in [-0.2, -0.15) is 5.10 Å². The maximum absolute atomic E-state index is 5.22. The molecule has 0 radical (unpaired) electrons. The van der Waals surface area contributed by atoms with Gasteiger partial charge in [0.2, 0.25) is 0 Å². The highest BCUT2D eigenvalue weighted by molar-refractivity contribution is 5.28. The van der Waals surface area contributed by atoms with Crippen molar-refractivity contribution in [1.29, 1.82) is 0 Å². The number of nitrogens with one attached hydrogen (secondary N) is 1. The third-order valence-electron chi connectivity index (χ3n) is 3.22. The molecule has 0 amide bonds. The van der Waals surface area contributed by atoms with Crippen molar-refractivity contribution in [2.75, 3.05) is 13.7 Å². The molecule has 0 fully saturated rings. The fourth-order valence-electron chi connectivity index (χ4n) is 2.04. The number of rotatable bonds is 7. The van der Waals surface area contributed by atoms with Gasteiger partial charge in [0.15, 0.2) is 0 Å². The van der Waals surface area contributed by atoms with E-state index in [0.29, 0.717) is 6.04 Å². The minimum absolute atomic E-state index is 0.417. The molecule has 1 aromatic carbocycles. The smallest absolute Gasteiger partial charge is 0.119 e. The molecule has 0 bridgehead atoms. The Hall–Kier alpha value is -1.81. The highest BCUT2D eigenvalue weighted by Gasteiger charge is 2.01. The van der Waals surface area contributed by atoms with E-state index < -0.39 is 0 Å². The lowest BCUT2D eigenvalue weighted by Crippen LogP contribution is -2.17. The molecule has 0 saturated carbocycles. The van der Waals surface area contributed by atoms with Gasteiger partial charge in [-0.05, 0) is 50.6 Å². The molecule has 1 aromatic heterocycles. The standard InChI is InChI=1S/C16H23N3O/c1-13(2)19-10-8-15(18-19)12-17-9-7-14-5-4-6-16(11-14)20-3/h4-6,8,10-11,13,17H,7,9,12H2,1-3H3. The molecule has 20 heavy (non-hydrogen) atoms. The fraction of sp³-hybridized carbons (Fsp3) is 0.438. The number of hydrogen-bond acceptors (Lipinski definition) is 3. The van der Waals surface area contributed by atoms with Gasteiger partial charge in [0.25, 0.3) is 0 Å². The van der Waals surface area contributed by atoms with Gasteiger partial charge in [0.05, 0.1) is 12.8 Å². The van der Waals surface area contributed by atoms with Crippen LogP contribution < -0.4 is 10.1 Å². The summed E-state index contributed by atoms with van der Waals surface area (Å²) in [6, 6.07) is 10.7. The van der Waals surface area contributed by atoms with E-state index in [1.165, 1.54) is 5.56 Å². The molecular formula is C16H23N3O. The van der Waals surface area contributed by atoms with E-state index in [2.05, 4.69) is 42.5 Å². The first-order chi connectivity index (χ1) is 9.69. The van der Waals surface area contributed by atoms with E-state index in [-0.39, 0.29) is 0 Å². The zero-order chi connectivity index (χ0) is 14.4. The number of hydrogen-bond donors (Lipinski definition) is 1. The van der Waals surface area contributed by atoms with Crippen LogP contribution in [0.1, 0.15) is 31.1 Å². The average molecular weight is 273 g/mol. The van der Waals surface area contributed by atoms with Crippen molar-refractivity contribution in [1.82, 2.24) is 15.1 Å². The molecule has 4 heteroatoms. The molecule has 0 aliphatic heterocycles. The number of aromatic nitrogens is 2. The van der Waals surface area contributed by atoms with Gasteiger partial charge in [0, 0.05) is 18.8 Å². The quantitative estimate of drug-likeness (QED) is 0.788. The Balaban J connectivity index is 1.75. The van der Waals surface area contributed by atoms with E-state index in [1.807, 2.05) is 23.0 Å². The summed E-state index contributed by atoms with van der Waals surface area (Å²) in [7, 11) is 1.70. The molecule has 2 rings (SSSR count). The van der Waals surface area contributed by atoms with Crippen molar-refractivity contribution in [3.63, 3.8) is 0 Å². The first kappa shape index (κ1) is 14.6. The van der Waals surface area contributed by atoms with Crippen molar-refractivity contribution in [3.05, 3.63) is 47.8 Å². The van der Waals surface area contributed by atoms with Gasteiger partial charge in [-0.1, -0.05) is 12.1 Å². The Morgan fingerprint density at radius 3 is 2.85 bits per heavy atom. The normalized spacial score (nSPS) is 11.0. The van der Waals surface area contributed by atoms with Crippen LogP contribution in [0.4, 0.5) is 0 Å². The second kappa shape index (κ2) is 7.10. The van der Waals surface area contributed by atoms with E-state index in [0.717, 1.165) is 31.0 Å². The van der Waals surface area contributed by atoms with Gasteiger partial charge in [-0.25, -0.2) is 0 Å². The molecule has 4 nitrogen and oxygen atoms in total. The lowest BCUT2D eigenvalue weighted by Gasteiger charge is -2.06. The van der Waals surface area contributed by atoms with Crippen LogP contribution in [-0.4, -0.2) is 23.4 Å². The van der Waals surface area contributed by atoms with E-state index >= 15 is 0 Å². The third kappa shape index (κ3) is 4.10. The average Bonchev–Trinajstić information content (AvgIpc) is 2.93. The number of nitrogens with zero attached hydrogens (tertiary/aromatic N) is 2. The summed E-state index contributed by atoms with van der Waals surface area (Å²) >= 11 is 0. The Labute approximate surface area is 120 Å². The first-order valence-corrected chi connectivity index (χ1v) is 7.06. The van der Waals surface area contributed by atoms with Crippen LogP contribution in [0.2, 0.25) is 0 Å². The van der Waals surface area contributed by atoms with Crippen LogP contribution in [0, 0.1) is 0 Å². The molecule has 0 aliphatic carbocycles. The minimum Gasteiger partial charge on any atom is -0.497 e. The molecule has 0 spiro atoms. The summed E-state index contributed by atoms with van der Waals surface area (Å²) < 4.78 is 7.21. The highest BCUT2D eigenvalue weighted by Crippen LogP contribution is 2.12. The predicted molar refractivity (Wildman–Crippen MR) is 81.0 cm³/mol. The Kier molecular flexibility index (Phi) is 5.18. The summed E-state index contributed by atoms with van der Waals surface area (Å²) in [6.07, 6.45) is 3.02. The molecule has 0 unspecified atom stereocenters. The predicted octanol–water partition coefficient (Wildman–Crippen LogP) is 2.80. The molecule has 1 N–H and O–H groups in total. The SMILES string of the molecule is COc1cccc(CCNCc2ccn(C(C)C)n2)c1. The van der Waals surface area contributed by atoms with Crippen molar-refractivity contribution in [3.8, 4) is 5.75 Å². The lowest BCUT2D eigenvalue weighted by molar-refractivity contribution is 0.414. The highest BCUT2D eigenvalue weighted by atomic mass is 16.5. The number of benzene rings is 1. The molecule has 0 atom stereocenters. The van der Waals surface area contributed by atoms with Crippen LogP contribution in [0.15, 0.2) is 36.5 Å².